The number of benzene rings is 2. The summed E-state index contributed by atoms with van der Waals surface area (Å²) in [5.74, 6) is 0. The number of primary amides is 1. The van der Waals surface area contributed by atoms with Crippen LogP contribution in [0.15, 0.2) is 54.6 Å². The number of nitrogens with one attached hydrogen (secondary N) is 2. The summed E-state index contributed by atoms with van der Waals surface area (Å²) in [5.41, 5.74) is 8.32. The molecule has 0 atom stereocenters. The van der Waals surface area contributed by atoms with Crippen LogP contribution in [0.1, 0.15) is 18.4 Å². The summed E-state index contributed by atoms with van der Waals surface area (Å²) in [6.07, 6.45) is 3.37. The third-order valence-corrected chi connectivity index (χ3v) is 4.65. The van der Waals surface area contributed by atoms with Crippen molar-refractivity contribution in [2.24, 2.45) is 5.73 Å². The third-order valence-electron chi connectivity index (χ3n) is 4.65. The van der Waals surface area contributed by atoms with Gasteiger partial charge in [0.15, 0.2) is 0 Å². The maximum atomic E-state index is 11.0. The second-order valence-electron chi connectivity index (χ2n) is 6.57. The molecule has 0 unspecified atom stereocenters. The predicted octanol–water partition coefficient (Wildman–Crippen LogP) is 3.30. The van der Waals surface area contributed by atoms with Crippen LogP contribution in [0, 0.1) is 0 Å². The van der Waals surface area contributed by atoms with Gasteiger partial charge in [0.2, 0.25) is 0 Å². The van der Waals surface area contributed by atoms with Gasteiger partial charge >= 0.3 is 6.03 Å². The van der Waals surface area contributed by atoms with E-state index >= 15 is 0 Å². The fourth-order valence-corrected chi connectivity index (χ4v) is 3.30. The summed E-state index contributed by atoms with van der Waals surface area (Å²) in [6, 6.07) is 18.3. The van der Waals surface area contributed by atoms with Gasteiger partial charge < -0.3 is 21.3 Å². The van der Waals surface area contributed by atoms with Crippen molar-refractivity contribution in [2.45, 2.75) is 25.3 Å². The molecule has 0 aliphatic carbocycles. The molecule has 0 saturated carbocycles. The van der Waals surface area contributed by atoms with Crippen molar-refractivity contribution in [3.63, 3.8) is 0 Å². The number of piperidine rings is 1. The zero-order valence-electron chi connectivity index (χ0n) is 14.4. The fraction of sp³-hybridized carbons (Fsp3) is 0.350. The quantitative estimate of drug-likeness (QED) is 0.757. The van der Waals surface area contributed by atoms with Crippen LogP contribution >= 0.6 is 0 Å². The highest BCUT2D eigenvalue weighted by atomic mass is 16.2. The monoisotopic (exact) mass is 338 g/mol. The van der Waals surface area contributed by atoms with Gasteiger partial charge in [-0.1, -0.05) is 36.4 Å². The molecule has 25 heavy (non-hydrogen) atoms. The lowest BCUT2D eigenvalue weighted by Gasteiger charge is -2.33. The van der Waals surface area contributed by atoms with Crippen LogP contribution in [0.2, 0.25) is 0 Å². The minimum Gasteiger partial charge on any atom is -0.382 e. The smallest absolute Gasteiger partial charge is 0.316 e. The lowest BCUT2D eigenvalue weighted by Crippen LogP contribution is -2.40. The minimum atomic E-state index is -0.538. The van der Waals surface area contributed by atoms with Gasteiger partial charge in [-0.25, -0.2) is 4.79 Å². The number of likely N-dealkylation sites (tertiary alicyclic amines) is 1. The Labute approximate surface area is 149 Å². The third kappa shape index (κ3) is 5.50. The Bertz CT molecular complexity index is 681. The summed E-state index contributed by atoms with van der Waals surface area (Å²) in [4.78, 5) is 13.5. The van der Waals surface area contributed by atoms with Crippen molar-refractivity contribution >= 4 is 17.4 Å². The summed E-state index contributed by atoms with van der Waals surface area (Å²) in [6.45, 7) is 3.35. The maximum absolute atomic E-state index is 11.0. The molecule has 2 aromatic rings. The first-order chi connectivity index (χ1) is 12.2. The Kier molecular flexibility index (Phi) is 5.90. The van der Waals surface area contributed by atoms with E-state index in [0.29, 0.717) is 6.04 Å². The number of nitrogens with two attached hydrogens (primary N) is 1. The number of hydrogen-bond acceptors (Lipinski definition) is 3. The first-order valence-corrected chi connectivity index (χ1v) is 8.88. The SMILES string of the molecule is NC(=O)Nc1cccc(NC2CCN(CCc3ccccc3)CC2)c1. The van der Waals surface area contributed by atoms with Crippen LogP contribution in [-0.4, -0.2) is 36.6 Å². The normalized spacial score (nSPS) is 15.7. The molecular formula is C20H26N4O. The summed E-state index contributed by atoms with van der Waals surface area (Å²) >= 11 is 0. The van der Waals surface area contributed by atoms with Crippen LogP contribution in [0.25, 0.3) is 0 Å². The average molecular weight is 338 g/mol. The van der Waals surface area contributed by atoms with Gasteiger partial charge in [0.25, 0.3) is 0 Å². The molecular weight excluding hydrogens is 312 g/mol. The van der Waals surface area contributed by atoms with E-state index in [4.69, 9.17) is 5.73 Å². The van der Waals surface area contributed by atoms with Crippen molar-refractivity contribution in [3.8, 4) is 0 Å². The number of rotatable bonds is 6. The molecule has 0 aromatic heterocycles. The number of urea groups is 1. The molecule has 1 saturated heterocycles. The number of anilines is 2. The summed E-state index contributed by atoms with van der Waals surface area (Å²) < 4.78 is 0. The van der Waals surface area contributed by atoms with Crippen molar-refractivity contribution < 1.29 is 4.79 Å². The summed E-state index contributed by atoms with van der Waals surface area (Å²) in [5, 5.41) is 6.18. The highest BCUT2D eigenvalue weighted by Crippen LogP contribution is 2.20. The maximum Gasteiger partial charge on any atom is 0.316 e. The highest BCUT2D eigenvalue weighted by Gasteiger charge is 2.18. The second kappa shape index (κ2) is 8.53. The summed E-state index contributed by atoms with van der Waals surface area (Å²) in [7, 11) is 0. The van der Waals surface area contributed by atoms with Gasteiger partial charge in [-0.3, -0.25) is 0 Å². The van der Waals surface area contributed by atoms with Crippen LogP contribution in [0.4, 0.5) is 16.2 Å². The largest absolute Gasteiger partial charge is 0.382 e. The van der Waals surface area contributed by atoms with E-state index in [1.54, 1.807) is 0 Å². The number of hydrogen-bond donors (Lipinski definition) is 3. The lowest BCUT2D eigenvalue weighted by atomic mass is 10.0. The number of amides is 2. The van der Waals surface area contributed by atoms with Crippen molar-refractivity contribution in [1.82, 2.24) is 4.90 Å². The molecule has 1 fully saturated rings. The van der Waals surface area contributed by atoms with Crippen molar-refractivity contribution in [3.05, 3.63) is 60.2 Å². The Morgan fingerprint density at radius 3 is 2.48 bits per heavy atom. The fourth-order valence-electron chi connectivity index (χ4n) is 3.30. The topological polar surface area (TPSA) is 70.4 Å². The molecule has 1 aliphatic heterocycles. The van der Waals surface area contributed by atoms with Gasteiger partial charge in [-0.05, 0) is 43.0 Å². The van der Waals surface area contributed by atoms with E-state index in [0.717, 1.165) is 50.3 Å². The Hall–Kier alpha value is -2.53. The first-order valence-electron chi connectivity index (χ1n) is 8.88. The van der Waals surface area contributed by atoms with Gasteiger partial charge in [0.05, 0.1) is 0 Å². The second-order valence-corrected chi connectivity index (χ2v) is 6.57. The molecule has 3 rings (SSSR count). The molecule has 4 N–H and O–H groups in total. The molecule has 2 amide bonds. The van der Waals surface area contributed by atoms with E-state index in [1.807, 2.05) is 24.3 Å². The Morgan fingerprint density at radius 1 is 1.04 bits per heavy atom. The number of carbonyl (C=O) groups is 1. The molecule has 132 valence electrons. The molecule has 1 aliphatic rings. The lowest BCUT2D eigenvalue weighted by molar-refractivity contribution is 0.221. The molecule has 5 heteroatoms. The first kappa shape index (κ1) is 17.3. The Morgan fingerprint density at radius 2 is 1.76 bits per heavy atom. The van der Waals surface area contributed by atoms with Crippen LogP contribution in [0.3, 0.4) is 0 Å². The highest BCUT2D eigenvalue weighted by molar-refractivity contribution is 5.88. The number of carbonyl (C=O) groups excluding carboxylic acids is 1. The molecule has 0 bridgehead atoms. The molecule has 1 heterocycles. The van der Waals surface area contributed by atoms with Gasteiger partial charge in [0.1, 0.15) is 0 Å². The van der Waals surface area contributed by atoms with Crippen molar-refractivity contribution in [2.75, 3.05) is 30.3 Å². The van der Waals surface area contributed by atoms with Gasteiger partial charge in [-0.15, -0.1) is 0 Å². The van der Waals surface area contributed by atoms with E-state index < -0.39 is 6.03 Å². The molecule has 2 aromatic carbocycles. The van der Waals surface area contributed by atoms with Crippen LogP contribution in [0.5, 0.6) is 0 Å². The zero-order chi connectivity index (χ0) is 17.5. The van der Waals surface area contributed by atoms with Gasteiger partial charge in [0, 0.05) is 37.1 Å². The van der Waals surface area contributed by atoms with Crippen LogP contribution in [-0.2, 0) is 6.42 Å². The van der Waals surface area contributed by atoms with E-state index in [9.17, 15) is 4.79 Å². The molecule has 0 radical (unpaired) electrons. The number of nitrogens with zero attached hydrogens (tertiary/aromatic N) is 1. The predicted molar refractivity (Wildman–Crippen MR) is 103 cm³/mol. The minimum absolute atomic E-state index is 0.469. The van der Waals surface area contributed by atoms with E-state index in [1.165, 1.54) is 5.56 Å². The zero-order valence-corrected chi connectivity index (χ0v) is 14.4. The Balaban J connectivity index is 1.44. The molecule has 5 nitrogen and oxygen atoms in total. The van der Waals surface area contributed by atoms with Gasteiger partial charge in [-0.2, -0.15) is 0 Å². The standard InChI is InChI=1S/C20H26N4O/c21-20(25)23-19-8-4-7-18(15-19)22-17-10-13-24(14-11-17)12-9-16-5-2-1-3-6-16/h1-8,15,17,22H,9-14H2,(H3,21,23,25). The van der Waals surface area contributed by atoms with Crippen molar-refractivity contribution in [1.29, 1.82) is 0 Å². The molecule has 0 spiro atoms. The van der Waals surface area contributed by atoms with Crippen LogP contribution < -0.4 is 16.4 Å². The van der Waals surface area contributed by atoms with E-state index in [2.05, 4.69) is 45.9 Å². The average Bonchev–Trinajstić information content (AvgIpc) is 2.62. The van der Waals surface area contributed by atoms with E-state index in [-0.39, 0.29) is 0 Å².